The first-order valence-corrected chi connectivity index (χ1v) is 7.61. The Morgan fingerprint density at radius 2 is 2.17 bits per heavy atom. The minimum absolute atomic E-state index is 0.149. The van der Waals surface area contributed by atoms with Crippen molar-refractivity contribution in [1.29, 1.82) is 0 Å². The van der Waals surface area contributed by atoms with E-state index in [2.05, 4.69) is 10.3 Å². The van der Waals surface area contributed by atoms with Crippen LogP contribution in [-0.4, -0.2) is 26.7 Å². The second-order valence-electron chi connectivity index (χ2n) is 5.96. The summed E-state index contributed by atoms with van der Waals surface area (Å²) in [6.45, 7) is 0. The fraction of sp³-hybridized carbons (Fsp3) is 0.353. The lowest BCUT2D eigenvalue weighted by Gasteiger charge is -2.37. The van der Waals surface area contributed by atoms with E-state index in [0.29, 0.717) is 18.4 Å². The molecule has 0 radical (unpaired) electrons. The molecule has 1 saturated carbocycles. The van der Waals surface area contributed by atoms with Crippen molar-refractivity contribution in [3.8, 4) is 0 Å². The summed E-state index contributed by atoms with van der Waals surface area (Å²) in [5, 5.41) is 12.5. The van der Waals surface area contributed by atoms with Gasteiger partial charge in [-0.05, 0) is 37.0 Å². The van der Waals surface area contributed by atoms with Gasteiger partial charge in [-0.1, -0.05) is 6.07 Å². The number of nitrogens with zero attached hydrogens (tertiary/aromatic N) is 2. The first kappa shape index (κ1) is 15.4. The molecule has 1 aliphatic carbocycles. The van der Waals surface area contributed by atoms with Gasteiger partial charge in [0.15, 0.2) is 0 Å². The van der Waals surface area contributed by atoms with E-state index in [9.17, 15) is 14.7 Å². The quantitative estimate of drug-likeness (QED) is 0.883. The fourth-order valence-corrected chi connectivity index (χ4v) is 2.81. The van der Waals surface area contributed by atoms with E-state index in [0.717, 1.165) is 5.69 Å². The summed E-state index contributed by atoms with van der Waals surface area (Å²) in [6.07, 6.45) is 4.21. The minimum atomic E-state index is -0.313. The van der Waals surface area contributed by atoms with Gasteiger partial charge in [0.1, 0.15) is 0 Å². The van der Waals surface area contributed by atoms with Crippen LogP contribution in [0.2, 0.25) is 0 Å². The molecular formula is C17H19N3O3. The van der Waals surface area contributed by atoms with Gasteiger partial charge in [-0.25, -0.2) is 0 Å². The van der Waals surface area contributed by atoms with Crippen molar-refractivity contribution in [1.82, 2.24) is 14.9 Å². The second kappa shape index (κ2) is 6.34. The van der Waals surface area contributed by atoms with Crippen molar-refractivity contribution in [3.63, 3.8) is 0 Å². The Morgan fingerprint density at radius 1 is 1.39 bits per heavy atom. The molecular weight excluding hydrogens is 294 g/mol. The molecule has 6 heteroatoms. The lowest BCUT2D eigenvalue weighted by atomic mass is 9.76. The van der Waals surface area contributed by atoms with E-state index < -0.39 is 0 Å². The number of nitrogens with one attached hydrogen (secondary N) is 1. The number of hydrogen-bond donors (Lipinski definition) is 2. The molecule has 120 valence electrons. The van der Waals surface area contributed by atoms with E-state index in [1.807, 2.05) is 18.2 Å². The Balaban J connectivity index is 1.82. The van der Waals surface area contributed by atoms with Crippen LogP contribution in [0, 0.1) is 5.92 Å². The molecule has 2 heterocycles. The van der Waals surface area contributed by atoms with Gasteiger partial charge in [0, 0.05) is 31.1 Å². The molecule has 3 rings (SSSR count). The lowest BCUT2D eigenvalue weighted by Crippen LogP contribution is -2.42. The molecule has 2 aromatic rings. The van der Waals surface area contributed by atoms with E-state index in [-0.39, 0.29) is 29.5 Å². The Hall–Kier alpha value is -2.47. The summed E-state index contributed by atoms with van der Waals surface area (Å²) in [5.74, 6) is -0.157. The first-order chi connectivity index (χ1) is 11.0. The highest BCUT2D eigenvalue weighted by Gasteiger charge is 2.36. The molecule has 0 aromatic carbocycles. The van der Waals surface area contributed by atoms with Gasteiger partial charge in [-0.2, -0.15) is 0 Å². The maximum absolute atomic E-state index is 12.5. The predicted molar refractivity (Wildman–Crippen MR) is 84.9 cm³/mol. The third kappa shape index (κ3) is 3.32. The highest BCUT2D eigenvalue weighted by atomic mass is 16.3. The van der Waals surface area contributed by atoms with Crippen LogP contribution in [0.15, 0.2) is 47.5 Å². The molecule has 1 fully saturated rings. The van der Waals surface area contributed by atoms with Crippen LogP contribution in [-0.2, 0) is 7.05 Å². The van der Waals surface area contributed by atoms with Crippen LogP contribution in [0.25, 0.3) is 0 Å². The van der Waals surface area contributed by atoms with Crippen LogP contribution < -0.4 is 10.9 Å². The van der Waals surface area contributed by atoms with Gasteiger partial charge in [-0.15, -0.1) is 0 Å². The van der Waals surface area contributed by atoms with Crippen molar-refractivity contribution in [2.75, 3.05) is 0 Å². The summed E-state index contributed by atoms with van der Waals surface area (Å²) in [7, 11) is 1.64. The lowest BCUT2D eigenvalue weighted by molar-refractivity contribution is 0.0228. The third-order valence-electron chi connectivity index (χ3n) is 4.28. The normalized spacial score (nSPS) is 21.3. The first-order valence-electron chi connectivity index (χ1n) is 7.61. The van der Waals surface area contributed by atoms with Gasteiger partial charge in [0.25, 0.3) is 11.5 Å². The Morgan fingerprint density at radius 3 is 2.78 bits per heavy atom. The van der Waals surface area contributed by atoms with Crippen LogP contribution in [0.1, 0.15) is 34.9 Å². The minimum Gasteiger partial charge on any atom is -0.393 e. The van der Waals surface area contributed by atoms with Crippen LogP contribution in [0.4, 0.5) is 0 Å². The molecule has 0 saturated heterocycles. The number of carbonyl (C=O) groups excluding carboxylic acids is 1. The monoisotopic (exact) mass is 313 g/mol. The number of pyridine rings is 2. The van der Waals surface area contributed by atoms with Crippen LogP contribution in [0.3, 0.4) is 0 Å². The molecule has 0 bridgehead atoms. The fourth-order valence-electron chi connectivity index (χ4n) is 2.81. The van der Waals surface area contributed by atoms with Crippen molar-refractivity contribution in [3.05, 3.63) is 64.3 Å². The van der Waals surface area contributed by atoms with E-state index in [1.165, 1.54) is 10.6 Å². The number of carbonyl (C=O) groups is 1. The zero-order chi connectivity index (χ0) is 16.4. The standard InChI is InChI=1S/C17H19N3O3/c1-20-7-5-11(10-15(20)22)17(23)19-16(12-8-13(21)9-12)14-4-2-3-6-18-14/h2-7,10,12-13,16,21H,8-9H2,1H3,(H,19,23). The number of aryl methyl sites for hydroxylation is 1. The Labute approximate surface area is 133 Å². The average molecular weight is 313 g/mol. The Kier molecular flexibility index (Phi) is 4.25. The van der Waals surface area contributed by atoms with E-state index in [4.69, 9.17) is 0 Å². The van der Waals surface area contributed by atoms with E-state index >= 15 is 0 Å². The number of hydrogen-bond acceptors (Lipinski definition) is 4. The molecule has 1 amide bonds. The summed E-state index contributed by atoms with van der Waals surface area (Å²) in [6, 6.07) is 8.21. The van der Waals surface area contributed by atoms with Crippen LogP contribution >= 0.6 is 0 Å². The average Bonchev–Trinajstić information content (AvgIpc) is 2.53. The molecule has 1 atom stereocenters. The molecule has 1 unspecified atom stereocenters. The number of aliphatic hydroxyl groups is 1. The molecule has 0 aliphatic heterocycles. The summed E-state index contributed by atoms with van der Waals surface area (Å²) >= 11 is 0. The van der Waals surface area contributed by atoms with Gasteiger partial charge in [-0.3, -0.25) is 14.6 Å². The van der Waals surface area contributed by atoms with Crippen molar-refractivity contribution in [2.45, 2.75) is 25.0 Å². The van der Waals surface area contributed by atoms with Crippen molar-refractivity contribution < 1.29 is 9.90 Å². The molecule has 2 N–H and O–H groups in total. The topological polar surface area (TPSA) is 84.2 Å². The van der Waals surface area contributed by atoms with Crippen molar-refractivity contribution >= 4 is 5.91 Å². The molecule has 0 spiro atoms. The number of amides is 1. The molecule has 1 aliphatic rings. The smallest absolute Gasteiger partial charge is 0.252 e. The van der Waals surface area contributed by atoms with Gasteiger partial charge < -0.3 is 15.0 Å². The largest absolute Gasteiger partial charge is 0.393 e. The molecule has 6 nitrogen and oxygen atoms in total. The van der Waals surface area contributed by atoms with Gasteiger partial charge >= 0.3 is 0 Å². The van der Waals surface area contributed by atoms with Crippen molar-refractivity contribution in [2.24, 2.45) is 13.0 Å². The highest BCUT2D eigenvalue weighted by molar-refractivity contribution is 5.94. The number of aromatic nitrogens is 2. The Bertz CT molecular complexity index is 751. The number of aliphatic hydroxyl groups excluding tert-OH is 1. The number of rotatable bonds is 4. The zero-order valence-electron chi connectivity index (χ0n) is 12.8. The van der Waals surface area contributed by atoms with E-state index in [1.54, 1.807) is 25.5 Å². The van der Waals surface area contributed by atoms with Gasteiger partial charge in [0.05, 0.1) is 17.8 Å². The molecule has 23 heavy (non-hydrogen) atoms. The van der Waals surface area contributed by atoms with Crippen LogP contribution in [0.5, 0.6) is 0 Å². The maximum Gasteiger partial charge on any atom is 0.252 e. The summed E-state index contributed by atoms with van der Waals surface area (Å²) < 4.78 is 1.41. The maximum atomic E-state index is 12.5. The summed E-state index contributed by atoms with van der Waals surface area (Å²) in [4.78, 5) is 28.5. The second-order valence-corrected chi connectivity index (χ2v) is 5.96. The predicted octanol–water partition coefficient (Wildman–Crippen LogP) is 1.02. The zero-order valence-corrected chi connectivity index (χ0v) is 12.8. The SMILES string of the molecule is Cn1ccc(C(=O)NC(c2ccccn2)C2CC(O)C2)cc1=O. The summed E-state index contributed by atoms with van der Waals surface area (Å²) in [5.41, 5.74) is 0.863. The third-order valence-corrected chi connectivity index (χ3v) is 4.28. The molecule has 2 aromatic heterocycles. The highest BCUT2D eigenvalue weighted by Crippen LogP contribution is 2.37. The van der Waals surface area contributed by atoms with Gasteiger partial charge in [0.2, 0.25) is 0 Å².